The van der Waals surface area contributed by atoms with Gasteiger partial charge >= 0.3 is 6.09 Å². The molecule has 1 spiro atoms. The second-order valence-electron chi connectivity index (χ2n) is 8.71. The second-order valence-corrected chi connectivity index (χ2v) is 8.71. The van der Waals surface area contributed by atoms with Gasteiger partial charge in [0.2, 0.25) is 5.88 Å². The molecular weight excluding hydrogens is 408 g/mol. The van der Waals surface area contributed by atoms with E-state index in [9.17, 15) is 9.59 Å². The minimum absolute atomic E-state index is 0.0345. The largest absolute Gasteiger partial charge is 0.474 e. The summed E-state index contributed by atoms with van der Waals surface area (Å²) in [5.74, 6) is -0.337. The molecule has 164 valence electrons. The van der Waals surface area contributed by atoms with Crippen LogP contribution in [0.3, 0.4) is 0 Å². The van der Waals surface area contributed by atoms with Crippen LogP contribution >= 0.6 is 0 Å². The van der Waals surface area contributed by atoms with Crippen molar-refractivity contribution in [3.05, 3.63) is 65.9 Å². The maximum Gasteiger partial charge on any atom is 0.407 e. The Bertz CT molecular complexity index is 1150. The van der Waals surface area contributed by atoms with Gasteiger partial charge in [-0.15, -0.1) is 0 Å². The second kappa shape index (κ2) is 8.11. The monoisotopic (exact) mass is 432 g/mol. The number of pyridine rings is 2. The predicted octanol–water partition coefficient (Wildman–Crippen LogP) is 3.35. The number of hydrogen-bond acceptors (Lipinski definition) is 6. The topological polar surface area (TPSA) is 116 Å². The van der Waals surface area contributed by atoms with E-state index < -0.39 is 5.91 Å². The number of hydrogen-bond donors (Lipinski definition) is 2. The van der Waals surface area contributed by atoms with Gasteiger partial charge in [-0.1, -0.05) is 30.3 Å². The molecule has 2 amide bonds. The molecule has 2 aromatic heterocycles. The Labute approximate surface area is 185 Å². The average Bonchev–Trinajstić information content (AvgIpc) is 2.74. The van der Waals surface area contributed by atoms with Crippen LogP contribution in [-0.2, 0) is 11.3 Å². The number of nitrogens with zero attached hydrogens (tertiary/aromatic N) is 2. The minimum Gasteiger partial charge on any atom is -0.474 e. The lowest BCUT2D eigenvalue weighted by Gasteiger charge is -2.56. The average molecular weight is 432 g/mol. The van der Waals surface area contributed by atoms with Gasteiger partial charge in [0.15, 0.2) is 5.65 Å². The highest BCUT2D eigenvalue weighted by molar-refractivity contribution is 5.98. The lowest BCUT2D eigenvalue weighted by Crippen LogP contribution is -2.58. The summed E-state index contributed by atoms with van der Waals surface area (Å²) in [4.78, 5) is 32.5. The Morgan fingerprint density at radius 3 is 2.62 bits per heavy atom. The van der Waals surface area contributed by atoms with Crippen LogP contribution in [0, 0.1) is 5.41 Å². The first-order valence-electron chi connectivity index (χ1n) is 10.7. The summed E-state index contributed by atoms with van der Waals surface area (Å²) in [6.07, 6.45) is 4.71. The normalized spacial score (nSPS) is 23.8. The lowest BCUT2D eigenvalue weighted by atomic mass is 9.53. The van der Waals surface area contributed by atoms with Gasteiger partial charge in [-0.05, 0) is 54.9 Å². The summed E-state index contributed by atoms with van der Waals surface area (Å²) < 4.78 is 11.3. The highest BCUT2D eigenvalue weighted by Crippen LogP contribution is 2.56. The molecule has 5 rings (SSSR count). The first kappa shape index (κ1) is 20.2. The van der Waals surface area contributed by atoms with Gasteiger partial charge < -0.3 is 20.5 Å². The van der Waals surface area contributed by atoms with Crippen molar-refractivity contribution in [2.24, 2.45) is 11.1 Å². The number of carbonyl (C=O) groups is 2. The van der Waals surface area contributed by atoms with Gasteiger partial charge in [-0.3, -0.25) is 4.79 Å². The van der Waals surface area contributed by atoms with Gasteiger partial charge in [0.05, 0.1) is 0 Å². The van der Waals surface area contributed by atoms with E-state index in [2.05, 4.69) is 15.3 Å². The number of aromatic nitrogens is 2. The lowest BCUT2D eigenvalue weighted by molar-refractivity contribution is -0.0856. The molecule has 8 heteroatoms. The zero-order valence-corrected chi connectivity index (χ0v) is 17.5. The third-order valence-electron chi connectivity index (χ3n) is 6.31. The molecule has 0 aliphatic heterocycles. The molecule has 2 aliphatic rings. The van der Waals surface area contributed by atoms with Crippen molar-refractivity contribution in [2.45, 2.75) is 44.4 Å². The summed E-state index contributed by atoms with van der Waals surface area (Å²) >= 11 is 0. The van der Waals surface area contributed by atoms with Crippen molar-refractivity contribution in [3.63, 3.8) is 0 Å². The van der Waals surface area contributed by atoms with E-state index in [-0.39, 0.29) is 41.7 Å². The zero-order valence-electron chi connectivity index (χ0n) is 17.5. The highest BCUT2D eigenvalue weighted by atomic mass is 16.5. The number of alkyl carbamates (subject to hydrolysis) is 1. The fourth-order valence-corrected chi connectivity index (χ4v) is 4.76. The maximum absolute atomic E-state index is 12.0. The van der Waals surface area contributed by atoms with Gasteiger partial charge in [0.1, 0.15) is 18.3 Å². The predicted molar refractivity (Wildman–Crippen MR) is 117 cm³/mol. The smallest absolute Gasteiger partial charge is 0.407 e. The number of ether oxygens (including phenoxy) is 2. The van der Waals surface area contributed by atoms with E-state index in [1.54, 1.807) is 18.3 Å². The molecule has 2 saturated carbocycles. The van der Waals surface area contributed by atoms with Crippen molar-refractivity contribution in [1.29, 1.82) is 0 Å². The standard InChI is InChI=1S/C24H24N4O4/c25-20(29)19-9-16-7-4-8-26-21(16)28-22(19)32-18-12-24(13-18)10-17(11-24)27-23(30)31-14-15-5-2-1-3-6-15/h1-9,17-18H,10-14H2,(H2,25,29)(H,27,30). The molecule has 0 radical (unpaired) electrons. The molecule has 2 aliphatic carbocycles. The molecule has 2 heterocycles. The Kier molecular flexibility index (Phi) is 5.13. The number of benzene rings is 1. The summed E-state index contributed by atoms with van der Waals surface area (Å²) in [6, 6.07) is 15.0. The van der Waals surface area contributed by atoms with E-state index in [1.165, 1.54) is 0 Å². The Morgan fingerprint density at radius 1 is 1.09 bits per heavy atom. The number of carbonyl (C=O) groups excluding carboxylic acids is 2. The summed E-state index contributed by atoms with van der Waals surface area (Å²) in [5, 5.41) is 3.68. The number of nitrogens with two attached hydrogens (primary N) is 1. The molecule has 32 heavy (non-hydrogen) atoms. The van der Waals surface area contributed by atoms with Gasteiger partial charge in [0, 0.05) is 17.6 Å². The Balaban J connectivity index is 1.11. The van der Waals surface area contributed by atoms with Crippen LogP contribution in [0.5, 0.6) is 5.88 Å². The van der Waals surface area contributed by atoms with Gasteiger partial charge in [-0.2, -0.15) is 4.98 Å². The van der Waals surface area contributed by atoms with Crippen molar-refractivity contribution in [3.8, 4) is 5.88 Å². The summed E-state index contributed by atoms with van der Waals surface area (Å²) in [7, 11) is 0. The number of rotatable bonds is 6. The Morgan fingerprint density at radius 2 is 1.88 bits per heavy atom. The number of amides is 2. The molecule has 2 fully saturated rings. The molecular formula is C24H24N4O4. The van der Waals surface area contributed by atoms with Crippen LogP contribution in [0.1, 0.15) is 41.6 Å². The zero-order chi connectivity index (χ0) is 22.1. The van der Waals surface area contributed by atoms with E-state index in [4.69, 9.17) is 15.2 Å². The van der Waals surface area contributed by atoms with E-state index in [0.717, 1.165) is 36.6 Å². The first-order valence-corrected chi connectivity index (χ1v) is 10.7. The summed E-state index contributed by atoms with van der Waals surface area (Å²) in [6.45, 7) is 0.260. The fourth-order valence-electron chi connectivity index (χ4n) is 4.76. The van der Waals surface area contributed by atoms with Crippen molar-refractivity contribution in [2.75, 3.05) is 0 Å². The molecule has 0 saturated heterocycles. The first-order chi connectivity index (χ1) is 15.5. The molecule has 0 atom stereocenters. The fraction of sp³-hybridized carbons (Fsp3) is 0.333. The van der Waals surface area contributed by atoms with Gasteiger partial charge in [-0.25, -0.2) is 9.78 Å². The molecule has 0 bridgehead atoms. The van der Waals surface area contributed by atoms with E-state index in [1.807, 2.05) is 36.4 Å². The van der Waals surface area contributed by atoms with Crippen LogP contribution < -0.4 is 15.8 Å². The molecule has 0 unspecified atom stereocenters. The third-order valence-corrected chi connectivity index (χ3v) is 6.31. The SMILES string of the molecule is NC(=O)c1cc2cccnc2nc1OC1CC2(CC(NC(=O)OCc3ccccc3)C2)C1. The molecule has 8 nitrogen and oxygen atoms in total. The van der Waals surface area contributed by atoms with Crippen LogP contribution in [0.4, 0.5) is 4.79 Å². The maximum atomic E-state index is 12.0. The minimum atomic E-state index is -0.575. The van der Waals surface area contributed by atoms with Crippen LogP contribution in [-0.4, -0.2) is 34.1 Å². The Hall–Kier alpha value is -3.68. The van der Waals surface area contributed by atoms with Crippen molar-refractivity contribution < 1.29 is 19.1 Å². The van der Waals surface area contributed by atoms with E-state index in [0.29, 0.717) is 5.65 Å². The molecule has 3 aromatic rings. The van der Waals surface area contributed by atoms with Gasteiger partial charge in [0.25, 0.3) is 5.91 Å². The highest BCUT2D eigenvalue weighted by Gasteiger charge is 2.54. The number of nitrogens with one attached hydrogen (secondary N) is 1. The van der Waals surface area contributed by atoms with Crippen molar-refractivity contribution >= 4 is 23.0 Å². The number of fused-ring (bicyclic) bond motifs is 1. The summed E-state index contributed by atoms with van der Waals surface area (Å²) in [5.41, 5.74) is 7.44. The quantitative estimate of drug-likeness (QED) is 0.617. The molecule has 1 aromatic carbocycles. The van der Waals surface area contributed by atoms with Crippen LogP contribution in [0.2, 0.25) is 0 Å². The van der Waals surface area contributed by atoms with Crippen molar-refractivity contribution in [1.82, 2.24) is 15.3 Å². The third kappa shape index (κ3) is 4.08. The molecule has 3 N–H and O–H groups in total. The van der Waals surface area contributed by atoms with Crippen LogP contribution in [0.15, 0.2) is 54.7 Å². The number of primary amides is 1. The van der Waals surface area contributed by atoms with Crippen LogP contribution in [0.25, 0.3) is 11.0 Å². The van der Waals surface area contributed by atoms with E-state index >= 15 is 0 Å².